The molecule has 1 aliphatic carbocycles. The number of hydrogen-bond donors (Lipinski definition) is 2. The summed E-state index contributed by atoms with van der Waals surface area (Å²) in [4.78, 5) is 0. The smallest absolute Gasteiger partial charge is 0.194 e. The maximum Gasteiger partial charge on any atom is 0.194 e. The molecular formula is C8H7N3O. The lowest BCUT2D eigenvalue weighted by Crippen LogP contribution is -2.39. The van der Waals surface area contributed by atoms with Gasteiger partial charge >= 0.3 is 0 Å². The van der Waals surface area contributed by atoms with Crippen molar-refractivity contribution in [1.82, 2.24) is 0 Å². The van der Waals surface area contributed by atoms with Crippen LogP contribution < -0.4 is 0 Å². The van der Waals surface area contributed by atoms with Crippen molar-refractivity contribution < 1.29 is 5.11 Å². The van der Waals surface area contributed by atoms with Gasteiger partial charge in [0.05, 0.1) is 11.3 Å². The number of nitrogens with one attached hydrogen (secondary N) is 1. The average molecular weight is 161 g/mol. The van der Waals surface area contributed by atoms with E-state index in [4.69, 9.17) is 15.9 Å². The molecule has 1 aliphatic rings. The Labute approximate surface area is 69.9 Å². The Morgan fingerprint density at radius 3 is 2.75 bits per heavy atom. The van der Waals surface area contributed by atoms with Gasteiger partial charge in [-0.2, -0.15) is 10.5 Å². The third kappa shape index (κ3) is 1.09. The summed E-state index contributed by atoms with van der Waals surface area (Å²) in [5.74, 6) is 0. The Morgan fingerprint density at radius 2 is 2.25 bits per heavy atom. The summed E-state index contributed by atoms with van der Waals surface area (Å²) in [6.07, 6.45) is 2.23. The molecular weight excluding hydrogens is 154 g/mol. The molecule has 4 nitrogen and oxygen atoms in total. The first kappa shape index (κ1) is 8.45. The first-order chi connectivity index (χ1) is 5.64. The third-order valence-electron chi connectivity index (χ3n) is 1.84. The summed E-state index contributed by atoms with van der Waals surface area (Å²) < 4.78 is 0. The number of nitrogens with zero attached hydrogens (tertiary/aromatic N) is 2. The molecule has 0 aromatic rings. The van der Waals surface area contributed by atoms with E-state index < -0.39 is 5.60 Å². The van der Waals surface area contributed by atoms with Crippen molar-refractivity contribution in [2.45, 2.75) is 18.4 Å². The Bertz CT molecular complexity index is 331. The van der Waals surface area contributed by atoms with Crippen LogP contribution in [-0.2, 0) is 0 Å². The first-order valence-electron chi connectivity index (χ1n) is 3.47. The lowest BCUT2D eigenvalue weighted by molar-refractivity contribution is 0.159. The second kappa shape index (κ2) is 2.77. The van der Waals surface area contributed by atoms with Gasteiger partial charge in [-0.1, -0.05) is 6.08 Å². The van der Waals surface area contributed by atoms with Crippen LogP contribution in [0.2, 0.25) is 0 Å². The van der Waals surface area contributed by atoms with Crippen LogP contribution in [-0.4, -0.2) is 16.4 Å². The standard InChI is InChI=1S/C8H7N3O/c9-4-6-2-1-3-8(12,5-10)7(6)11/h2,11-12H,1,3H2. The number of nitriles is 2. The monoisotopic (exact) mass is 161 g/mol. The molecule has 1 atom stereocenters. The van der Waals surface area contributed by atoms with Crippen LogP contribution in [0.3, 0.4) is 0 Å². The SMILES string of the molecule is N#CC1=CCCC(O)(C#N)C1=N. The zero-order valence-electron chi connectivity index (χ0n) is 6.33. The van der Waals surface area contributed by atoms with Crippen LogP contribution in [0.25, 0.3) is 0 Å². The topological polar surface area (TPSA) is 91.7 Å². The molecule has 0 aromatic heterocycles. The average Bonchev–Trinajstić information content (AvgIpc) is 2.10. The summed E-state index contributed by atoms with van der Waals surface area (Å²) in [6.45, 7) is 0. The van der Waals surface area contributed by atoms with Gasteiger partial charge in [0.15, 0.2) is 5.60 Å². The Morgan fingerprint density at radius 1 is 1.58 bits per heavy atom. The van der Waals surface area contributed by atoms with E-state index in [1.807, 2.05) is 0 Å². The number of aliphatic hydroxyl groups is 1. The van der Waals surface area contributed by atoms with Crippen LogP contribution in [0.4, 0.5) is 0 Å². The molecule has 4 heteroatoms. The molecule has 60 valence electrons. The van der Waals surface area contributed by atoms with Gasteiger partial charge in [0, 0.05) is 0 Å². The van der Waals surface area contributed by atoms with Crippen molar-refractivity contribution in [2.24, 2.45) is 0 Å². The maximum absolute atomic E-state index is 9.47. The fourth-order valence-corrected chi connectivity index (χ4v) is 1.09. The Kier molecular flexibility index (Phi) is 1.95. The van der Waals surface area contributed by atoms with Gasteiger partial charge < -0.3 is 5.11 Å². The molecule has 0 bridgehead atoms. The fourth-order valence-electron chi connectivity index (χ4n) is 1.09. The van der Waals surface area contributed by atoms with Gasteiger partial charge in [-0.3, -0.25) is 5.41 Å². The molecule has 0 fully saturated rings. The van der Waals surface area contributed by atoms with E-state index in [1.54, 1.807) is 18.2 Å². The molecule has 1 unspecified atom stereocenters. The molecule has 0 aromatic carbocycles. The zero-order chi connectivity index (χ0) is 9.19. The third-order valence-corrected chi connectivity index (χ3v) is 1.84. The van der Waals surface area contributed by atoms with Gasteiger partial charge in [-0.25, -0.2) is 0 Å². The summed E-state index contributed by atoms with van der Waals surface area (Å²) in [5, 5.41) is 33.9. The summed E-state index contributed by atoms with van der Waals surface area (Å²) >= 11 is 0. The minimum absolute atomic E-state index is 0.102. The van der Waals surface area contributed by atoms with E-state index in [0.717, 1.165) is 0 Å². The van der Waals surface area contributed by atoms with Crippen molar-refractivity contribution >= 4 is 5.71 Å². The molecule has 0 saturated carbocycles. The number of allylic oxidation sites excluding steroid dienone is 1. The van der Waals surface area contributed by atoms with Crippen molar-refractivity contribution in [3.63, 3.8) is 0 Å². The predicted octanol–water partition coefficient (Wildman–Crippen LogP) is 0.505. The summed E-state index contributed by atoms with van der Waals surface area (Å²) in [7, 11) is 0. The van der Waals surface area contributed by atoms with E-state index >= 15 is 0 Å². The Hall–Kier alpha value is -1.65. The fraction of sp³-hybridized carbons (Fsp3) is 0.375. The Balaban J connectivity index is 3.07. The molecule has 1 rings (SSSR count). The van der Waals surface area contributed by atoms with Crippen molar-refractivity contribution in [3.05, 3.63) is 11.6 Å². The highest BCUT2D eigenvalue weighted by Crippen LogP contribution is 2.23. The van der Waals surface area contributed by atoms with Crippen LogP contribution >= 0.6 is 0 Å². The quantitative estimate of drug-likeness (QED) is 0.507. The largest absolute Gasteiger partial charge is 0.370 e. The number of hydrogen-bond acceptors (Lipinski definition) is 4. The van der Waals surface area contributed by atoms with Crippen molar-refractivity contribution in [2.75, 3.05) is 0 Å². The second-order valence-electron chi connectivity index (χ2n) is 2.62. The van der Waals surface area contributed by atoms with Crippen LogP contribution in [0.5, 0.6) is 0 Å². The highest BCUT2D eigenvalue weighted by Gasteiger charge is 2.36. The highest BCUT2D eigenvalue weighted by atomic mass is 16.3. The molecule has 2 N–H and O–H groups in total. The normalized spacial score (nSPS) is 28.6. The van der Waals surface area contributed by atoms with E-state index in [0.29, 0.717) is 6.42 Å². The summed E-state index contributed by atoms with van der Waals surface area (Å²) in [6, 6.07) is 3.40. The van der Waals surface area contributed by atoms with Crippen LogP contribution in [0.1, 0.15) is 12.8 Å². The van der Waals surface area contributed by atoms with Crippen molar-refractivity contribution in [3.8, 4) is 12.1 Å². The first-order valence-corrected chi connectivity index (χ1v) is 3.47. The maximum atomic E-state index is 9.47. The van der Waals surface area contributed by atoms with Crippen molar-refractivity contribution in [1.29, 1.82) is 15.9 Å². The number of rotatable bonds is 0. The molecule has 0 radical (unpaired) electrons. The summed E-state index contributed by atoms with van der Waals surface area (Å²) in [5.41, 5.74) is -1.93. The van der Waals surface area contributed by atoms with Crippen LogP contribution in [0, 0.1) is 28.1 Å². The lowest BCUT2D eigenvalue weighted by Gasteiger charge is -2.23. The molecule has 0 saturated heterocycles. The molecule has 0 amide bonds. The van der Waals surface area contributed by atoms with Gasteiger partial charge in [0.2, 0.25) is 0 Å². The van der Waals surface area contributed by atoms with Gasteiger partial charge in [0.25, 0.3) is 0 Å². The van der Waals surface area contributed by atoms with E-state index in [9.17, 15) is 5.11 Å². The van der Waals surface area contributed by atoms with Gasteiger partial charge in [-0.05, 0) is 12.8 Å². The predicted molar refractivity (Wildman–Crippen MR) is 41.2 cm³/mol. The van der Waals surface area contributed by atoms with Gasteiger partial charge in [0.1, 0.15) is 12.1 Å². The highest BCUT2D eigenvalue weighted by molar-refractivity contribution is 6.09. The van der Waals surface area contributed by atoms with E-state index in [-0.39, 0.29) is 17.7 Å². The molecule has 12 heavy (non-hydrogen) atoms. The molecule has 0 heterocycles. The zero-order valence-corrected chi connectivity index (χ0v) is 6.33. The van der Waals surface area contributed by atoms with Crippen LogP contribution in [0.15, 0.2) is 11.6 Å². The molecule has 0 aliphatic heterocycles. The molecule has 0 spiro atoms. The van der Waals surface area contributed by atoms with E-state index in [1.165, 1.54) is 0 Å². The minimum Gasteiger partial charge on any atom is -0.370 e. The minimum atomic E-state index is -1.75. The van der Waals surface area contributed by atoms with E-state index in [2.05, 4.69) is 0 Å². The van der Waals surface area contributed by atoms with Gasteiger partial charge in [-0.15, -0.1) is 0 Å². The lowest BCUT2D eigenvalue weighted by atomic mass is 9.84. The second-order valence-corrected chi connectivity index (χ2v) is 2.62.